The van der Waals surface area contributed by atoms with Crippen molar-refractivity contribution in [3.05, 3.63) is 0 Å². The number of hydrogen-bond acceptors (Lipinski definition) is 2. The van der Waals surface area contributed by atoms with Crippen LogP contribution in [0.5, 0.6) is 0 Å². The van der Waals surface area contributed by atoms with E-state index in [1.807, 2.05) is 6.92 Å². The van der Waals surface area contributed by atoms with Crippen LogP contribution in [0.15, 0.2) is 0 Å². The van der Waals surface area contributed by atoms with Gasteiger partial charge in [-0.15, -0.1) is 0 Å². The van der Waals surface area contributed by atoms with Crippen molar-refractivity contribution in [3.8, 4) is 0 Å². The number of amides is 1. The Labute approximate surface area is 86.2 Å². The maximum absolute atomic E-state index is 11.6. The summed E-state index contributed by atoms with van der Waals surface area (Å²) in [6, 6.07) is 0. The van der Waals surface area contributed by atoms with Crippen molar-refractivity contribution in [3.63, 3.8) is 0 Å². The van der Waals surface area contributed by atoms with E-state index in [1.54, 1.807) is 0 Å². The third-order valence-corrected chi connectivity index (χ3v) is 2.71. The first-order valence-corrected chi connectivity index (χ1v) is 5.55. The standard InChI is InChI=1S/C11H21NO2/c1-3-4-5-6-7-12-10(13)11(2)8-14-9-11/h3-9H2,1-2H3,(H,12,13). The summed E-state index contributed by atoms with van der Waals surface area (Å²) in [7, 11) is 0. The molecule has 14 heavy (non-hydrogen) atoms. The van der Waals surface area contributed by atoms with Gasteiger partial charge in [-0.2, -0.15) is 0 Å². The lowest BCUT2D eigenvalue weighted by molar-refractivity contribution is -0.157. The Morgan fingerprint density at radius 1 is 1.36 bits per heavy atom. The zero-order valence-corrected chi connectivity index (χ0v) is 9.27. The highest BCUT2D eigenvalue weighted by Crippen LogP contribution is 2.26. The van der Waals surface area contributed by atoms with Crippen molar-refractivity contribution < 1.29 is 9.53 Å². The highest BCUT2D eigenvalue weighted by Gasteiger charge is 2.40. The molecule has 82 valence electrons. The summed E-state index contributed by atoms with van der Waals surface area (Å²) in [6.07, 6.45) is 4.80. The van der Waals surface area contributed by atoms with Gasteiger partial charge in [0.2, 0.25) is 5.91 Å². The van der Waals surface area contributed by atoms with Gasteiger partial charge < -0.3 is 10.1 Å². The molecule has 1 aliphatic heterocycles. The zero-order chi connectivity index (χ0) is 10.4. The molecule has 0 radical (unpaired) electrons. The smallest absolute Gasteiger partial charge is 0.230 e. The lowest BCUT2D eigenvalue weighted by Gasteiger charge is -2.36. The number of ether oxygens (including phenoxy) is 1. The lowest BCUT2D eigenvalue weighted by atomic mass is 9.87. The molecule has 1 saturated heterocycles. The molecule has 1 rings (SSSR count). The summed E-state index contributed by atoms with van der Waals surface area (Å²) < 4.78 is 5.04. The molecule has 0 atom stereocenters. The minimum absolute atomic E-state index is 0.153. The Bertz CT molecular complexity index is 188. The van der Waals surface area contributed by atoms with E-state index in [9.17, 15) is 4.79 Å². The van der Waals surface area contributed by atoms with E-state index >= 15 is 0 Å². The minimum Gasteiger partial charge on any atom is -0.379 e. The van der Waals surface area contributed by atoms with Crippen LogP contribution in [0.25, 0.3) is 0 Å². The van der Waals surface area contributed by atoms with Crippen molar-refractivity contribution in [1.82, 2.24) is 5.32 Å². The normalized spacial score (nSPS) is 18.7. The van der Waals surface area contributed by atoms with Crippen molar-refractivity contribution in [1.29, 1.82) is 0 Å². The maximum Gasteiger partial charge on any atom is 0.230 e. The quantitative estimate of drug-likeness (QED) is 0.661. The second kappa shape index (κ2) is 5.35. The van der Waals surface area contributed by atoms with Gasteiger partial charge >= 0.3 is 0 Å². The Morgan fingerprint density at radius 3 is 2.57 bits per heavy atom. The first kappa shape index (κ1) is 11.5. The summed E-state index contributed by atoms with van der Waals surface area (Å²) in [4.78, 5) is 11.6. The van der Waals surface area contributed by atoms with Gasteiger partial charge in [0.1, 0.15) is 0 Å². The first-order valence-electron chi connectivity index (χ1n) is 5.55. The highest BCUT2D eigenvalue weighted by atomic mass is 16.5. The van der Waals surface area contributed by atoms with Crippen molar-refractivity contribution in [2.45, 2.75) is 39.5 Å². The van der Waals surface area contributed by atoms with Gasteiger partial charge in [0.05, 0.1) is 18.6 Å². The molecule has 1 aliphatic rings. The number of carbonyl (C=O) groups is 1. The third kappa shape index (κ3) is 2.98. The fourth-order valence-electron chi connectivity index (χ4n) is 1.51. The molecule has 0 aromatic carbocycles. The molecule has 0 aliphatic carbocycles. The number of carbonyl (C=O) groups excluding carboxylic acids is 1. The van der Waals surface area contributed by atoms with Crippen molar-refractivity contribution in [2.75, 3.05) is 19.8 Å². The molecule has 0 aromatic heterocycles. The molecule has 0 unspecified atom stereocenters. The molecule has 1 amide bonds. The predicted octanol–water partition coefficient (Wildman–Crippen LogP) is 1.72. The largest absolute Gasteiger partial charge is 0.379 e. The Morgan fingerprint density at radius 2 is 2.07 bits per heavy atom. The Hall–Kier alpha value is -0.570. The van der Waals surface area contributed by atoms with Gasteiger partial charge in [-0.25, -0.2) is 0 Å². The summed E-state index contributed by atoms with van der Waals surface area (Å²) in [6.45, 7) is 6.11. The number of hydrogen-bond donors (Lipinski definition) is 1. The van der Waals surface area contributed by atoms with Gasteiger partial charge in [-0.05, 0) is 13.3 Å². The molecule has 0 aromatic rings. The van der Waals surface area contributed by atoms with Gasteiger partial charge in [0.25, 0.3) is 0 Å². The van der Waals surface area contributed by atoms with E-state index in [4.69, 9.17) is 4.74 Å². The summed E-state index contributed by atoms with van der Waals surface area (Å²) in [5, 5.41) is 2.97. The lowest BCUT2D eigenvalue weighted by Crippen LogP contribution is -2.52. The Kier molecular flexibility index (Phi) is 4.39. The number of unbranched alkanes of at least 4 members (excludes halogenated alkanes) is 3. The summed E-state index contributed by atoms with van der Waals surface area (Å²) >= 11 is 0. The average molecular weight is 199 g/mol. The molecule has 1 heterocycles. The summed E-state index contributed by atoms with van der Waals surface area (Å²) in [5.74, 6) is 0.153. The predicted molar refractivity (Wildman–Crippen MR) is 56.1 cm³/mol. The fourth-order valence-corrected chi connectivity index (χ4v) is 1.51. The van der Waals surface area contributed by atoms with Crippen LogP contribution in [0.2, 0.25) is 0 Å². The third-order valence-electron chi connectivity index (χ3n) is 2.71. The van der Waals surface area contributed by atoms with E-state index in [2.05, 4.69) is 12.2 Å². The summed E-state index contributed by atoms with van der Waals surface area (Å²) in [5.41, 5.74) is -0.245. The number of rotatable bonds is 6. The SMILES string of the molecule is CCCCCCNC(=O)C1(C)COC1. The van der Waals surface area contributed by atoms with Crippen LogP contribution in [0, 0.1) is 5.41 Å². The average Bonchev–Trinajstić information content (AvgIpc) is 2.13. The zero-order valence-electron chi connectivity index (χ0n) is 9.27. The van der Waals surface area contributed by atoms with Crippen LogP contribution in [-0.2, 0) is 9.53 Å². The van der Waals surface area contributed by atoms with Crippen molar-refractivity contribution in [2.24, 2.45) is 5.41 Å². The molecule has 1 N–H and O–H groups in total. The maximum atomic E-state index is 11.6. The van der Waals surface area contributed by atoms with E-state index in [0.29, 0.717) is 13.2 Å². The topological polar surface area (TPSA) is 38.3 Å². The first-order chi connectivity index (χ1) is 6.69. The second-order valence-electron chi connectivity index (χ2n) is 4.37. The highest BCUT2D eigenvalue weighted by molar-refractivity contribution is 5.83. The second-order valence-corrected chi connectivity index (χ2v) is 4.37. The van der Waals surface area contributed by atoms with Crippen LogP contribution >= 0.6 is 0 Å². The molecule has 1 fully saturated rings. The van der Waals surface area contributed by atoms with E-state index in [-0.39, 0.29) is 11.3 Å². The van der Waals surface area contributed by atoms with Gasteiger partial charge in [0, 0.05) is 6.54 Å². The van der Waals surface area contributed by atoms with Crippen molar-refractivity contribution >= 4 is 5.91 Å². The molecular weight excluding hydrogens is 178 g/mol. The van der Waals surface area contributed by atoms with Crippen LogP contribution in [0.3, 0.4) is 0 Å². The van der Waals surface area contributed by atoms with Crippen LogP contribution < -0.4 is 5.32 Å². The van der Waals surface area contributed by atoms with Gasteiger partial charge in [0.15, 0.2) is 0 Å². The van der Waals surface area contributed by atoms with E-state index in [0.717, 1.165) is 13.0 Å². The minimum atomic E-state index is -0.245. The van der Waals surface area contributed by atoms with Crippen LogP contribution in [0.1, 0.15) is 39.5 Å². The van der Waals surface area contributed by atoms with Gasteiger partial charge in [-0.1, -0.05) is 26.2 Å². The van der Waals surface area contributed by atoms with Gasteiger partial charge in [-0.3, -0.25) is 4.79 Å². The molecule has 0 bridgehead atoms. The molecule has 3 heteroatoms. The monoisotopic (exact) mass is 199 g/mol. The van der Waals surface area contributed by atoms with E-state index < -0.39 is 0 Å². The van der Waals surface area contributed by atoms with Crippen LogP contribution in [0.4, 0.5) is 0 Å². The molecule has 0 saturated carbocycles. The molecular formula is C11H21NO2. The molecule has 3 nitrogen and oxygen atoms in total. The number of nitrogens with one attached hydrogen (secondary N) is 1. The van der Waals surface area contributed by atoms with E-state index in [1.165, 1.54) is 19.3 Å². The Balaban J connectivity index is 2.03. The van der Waals surface area contributed by atoms with Crippen LogP contribution in [-0.4, -0.2) is 25.7 Å². The fraction of sp³-hybridized carbons (Fsp3) is 0.909. The molecule has 0 spiro atoms.